The van der Waals surface area contributed by atoms with E-state index in [2.05, 4.69) is 20.8 Å². The number of halogens is 1. The van der Waals surface area contributed by atoms with Crippen LogP contribution in [-0.4, -0.2) is 28.9 Å². The van der Waals surface area contributed by atoms with Gasteiger partial charge in [-0.05, 0) is 61.8 Å². The molecule has 0 bridgehead atoms. The number of likely N-dealkylation sites (tertiary alicyclic amines) is 1. The molecule has 0 amide bonds. The van der Waals surface area contributed by atoms with Gasteiger partial charge >= 0.3 is 0 Å². The van der Waals surface area contributed by atoms with Crippen LogP contribution in [0.15, 0.2) is 46.6 Å². The predicted octanol–water partition coefficient (Wildman–Crippen LogP) is 4.37. The quantitative estimate of drug-likeness (QED) is 0.778. The average Bonchev–Trinajstić information content (AvgIpc) is 3.22. The predicted molar refractivity (Wildman–Crippen MR) is 99.7 cm³/mol. The van der Waals surface area contributed by atoms with Crippen LogP contribution in [0.2, 0.25) is 0 Å². The van der Waals surface area contributed by atoms with Crippen LogP contribution in [0.1, 0.15) is 34.3 Å². The van der Waals surface area contributed by atoms with Gasteiger partial charge in [0.2, 0.25) is 5.78 Å². The molecule has 0 spiro atoms. The molecule has 5 heteroatoms. The number of phenolic OH excluding ortho intramolecular Hbond substituents is 1. The summed E-state index contributed by atoms with van der Waals surface area (Å²) in [5, 5.41) is 10.3. The molecule has 25 heavy (non-hydrogen) atoms. The molecule has 2 aromatic rings. The lowest BCUT2D eigenvalue weighted by molar-refractivity contribution is 0.101. The molecule has 1 N–H and O–H groups in total. The van der Waals surface area contributed by atoms with Gasteiger partial charge < -0.3 is 9.84 Å². The number of carbonyl (C=O) groups is 1. The molecule has 1 saturated heterocycles. The third-order valence-electron chi connectivity index (χ3n) is 4.66. The van der Waals surface area contributed by atoms with Gasteiger partial charge in [-0.25, -0.2) is 0 Å². The van der Waals surface area contributed by atoms with E-state index in [1.54, 1.807) is 18.2 Å². The van der Waals surface area contributed by atoms with Crippen molar-refractivity contribution in [2.45, 2.75) is 19.4 Å². The molecular formula is C20H18BrNO3. The second kappa shape index (κ2) is 6.65. The summed E-state index contributed by atoms with van der Waals surface area (Å²) in [6.45, 7) is 2.63. The van der Waals surface area contributed by atoms with Gasteiger partial charge in [-0.2, -0.15) is 0 Å². The van der Waals surface area contributed by atoms with Gasteiger partial charge in [-0.15, -0.1) is 0 Å². The summed E-state index contributed by atoms with van der Waals surface area (Å²) in [5.41, 5.74) is 2.12. The molecule has 0 radical (unpaired) electrons. The highest BCUT2D eigenvalue weighted by molar-refractivity contribution is 9.10. The summed E-state index contributed by atoms with van der Waals surface area (Å²) in [4.78, 5) is 14.9. The van der Waals surface area contributed by atoms with E-state index in [0.29, 0.717) is 29.2 Å². The number of phenols is 1. The first-order chi connectivity index (χ1) is 12.1. The highest BCUT2D eigenvalue weighted by Gasteiger charge is 2.31. The Balaban J connectivity index is 1.67. The highest BCUT2D eigenvalue weighted by Crippen LogP contribution is 2.40. The zero-order chi connectivity index (χ0) is 17.4. The lowest BCUT2D eigenvalue weighted by Crippen LogP contribution is -2.18. The Labute approximate surface area is 154 Å². The topological polar surface area (TPSA) is 49.8 Å². The van der Waals surface area contributed by atoms with Crippen LogP contribution in [0.4, 0.5) is 0 Å². The number of ketones is 1. The summed E-state index contributed by atoms with van der Waals surface area (Å²) >= 11 is 3.40. The highest BCUT2D eigenvalue weighted by atomic mass is 79.9. The number of benzene rings is 2. The molecule has 4 rings (SSSR count). The third-order valence-corrected chi connectivity index (χ3v) is 5.19. The summed E-state index contributed by atoms with van der Waals surface area (Å²) < 4.78 is 6.87. The maximum Gasteiger partial charge on any atom is 0.231 e. The van der Waals surface area contributed by atoms with E-state index in [0.717, 1.165) is 23.1 Å². The average molecular weight is 400 g/mol. The summed E-state index contributed by atoms with van der Waals surface area (Å²) in [7, 11) is 0. The molecule has 0 aliphatic carbocycles. The lowest BCUT2D eigenvalue weighted by atomic mass is 10.0. The third kappa shape index (κ3) is 3.22. The van der Waals surface area contributed by atoms with Gasteiger partial charge in [0.05, 0.1) is 11.1 Å². The van der Waals surface area contributed by atoms with Crippen molar-refractivity contribution in [3.8, 4) is 11.5 Å². The minimum atomic E-state index is -0.138. The van der Waals surface area contributed by atoms with Crippen molar-refractivity contribution in [2.75, 3.05) is 13.1 Å². The van der Waals surface area contributed by atoms with E-state index in [1.165, 1.54) is 12.8 Å². The van der Waals surface area contributed by atoms with E-state index < -0.39 is 0 Å². The van der Waals surface area contributed by atoms with Crippen molar-refractivity contribution in [1.29, 1.82) is 0 Å². The van der Waals surface area contributed by atoms with Crippen LogP contribution >= 0.6 is 15.9 Å². The fraction of sp³-hybridized carbons (Fsp3) is 0.250. The zero-order valence-corrected chi connectivity index (χ0v) is 15.3. The summed E-state index contributed by atoms with van der Waals surface area (Å²) in [6.07, 6.45) is 4.08. The number of aromatic hydroxyl groups is 1. The van der Waals surface area contributed by atoms with E-state index >= 15 is 0 Å². The van der Waals surface area contributed by atoms with Gasteiger partial charge in [0.25, 0.3) is 0 Å². The fourth-order valence-corrected chi connectivity index (χ4v) is 3.59. The molecule has 0 aromatic heterocycles. The number of fused-ring (bicyclic) bond motifs is 1. The number of hydrogen-bond donors (Lipinski definition) is 1. The molecule has 0 unspecified atom stereocenters. The van der Waals surface area contributed by atoms with E-state index in [-0.39, 0.29) is 11.5 Å². The Morgan fingerprint density at radius 1 is 1.12 bits per heavy atom. The van der Waals surface area contributed by atoms with Crippen LogP contribution < -0.4 is 4.74 Å². The minimum absolute atomic E-state index is 0.138. The lowest BCUT2D eigenvalue weighted by Gasteiger charge is -2.17. The van der Waals surface area contributed by atoms with Crippen LogP contribution in [0.25, 0.3) is 6.08 Å². The van der Waals surface area contributed by atoms with Crippen molar-refractivity contribution in [3.63, 3.8) is 0 Å². The SMILES string of the molecule is O=C1/C(=C\c2ccc(Br)cc2)Oc2c1ccc(O)c2CN1CCCC1. The smallest absolute Gasteiger partial charge is 0.231 e. The first-order valence-corrected chi connectivity index (χ1v) is 9.18. The maximum atomic E-state index is 12.7. The largest absolute Gasteiger partial charge is 0.507 e. The number of ether oxygens (including phenoxy) is 1. The first-order valence-electron chi connectivity index (χ1n) is 8.39. The molecule has 2 aromatic carbocycles. The molecule has 0 atom stereocenters. The van der Waals surface area contributed by atoms with E-state index in [9.17, 15) is 9.90 Å². The monoisotopic (exact) mass is 399 g/mol. The Morgan fingerprint density at radius 3 is 2.56 bits per heavy atom. The second-order valence-corrected chi connectivity index (χ2v) is 7.33. The van der Waals surface area contributed by atoms with Gasteiger partial charge in [0.15, 0.2) is 5.76 Å². The van der Waals surface area contributed by atoms with Crippen LogP contribution in [0.3, 0.4) is 0 Å². The molecule has 4 nitrogen and oxygen atoms in total. The Morgan fingerprint density at radius 2 is 1.84 bits per heavy atom. The van der Waals surface area contributed by atoms with Crippen LogP contribution in [-0.2, 0) is 6.54 Å². The summed E-state index contributed by atoms with van der Waals surface area (Å²) in [6, 6.07) is 10.9. The van der Waals surface area contributed by atoms with Crippen molar-refractivity contribution in [3.05, 3.63) is 63.3 Å². The zero-order valence-electron chi connectivity index (χ0n) is 13.7. The molecule has 2 aliphatic rings. The van der Waals surface area contributed by atoms with Crippen molar-refractivity contribution >= 4 is 27.8 Å². The second-order valence-electron chi connectivity index (χ2n) is 6.41. The number of allylic oxidation sites excluding steroid dienone is 1. The molecule has 128 valence electrons. The number of Topliss-reactive ketones (excluding diaryl/α,β-unsaturated/α-hetero) is 1. The van der Waals surface area contributed by atoms with Gasteiger partial charge in [-0.3, -0.25) is 9.69 Å². The number of hydrogen-bond acceptors (Lipinski definition) is 4. The molecule has 2 heterocycles. The first kappa shape index (κ1) is 16.4. The standard InChI is InChI=1S/C20H18BrNO3/c21-14-5-3-13(4-6-14)11-18-19(24)15-7-8-17(23)16(20(15)25-18)12-22-9-1-2-10-22/h3-8,11,23H,1-2,9-10,12H2/b18-11+. The van der Waals surface area contributed by atoms with Crippen molar-refractivity contribution in [2.24, 2.45) is 0 Å². The Hall–Kier alpha value is -2.11. The maximum absolute atomic E-state index is 12.7. The Bertz CT molecular complexity index is 852. The fourth-order valence-electron chi connectivity index (χ4n) is 3.32. The van der Waals surface area contributed by atoms with Gasteiger partial charge in [0.1, 0.15) is 11.5 Å². The van der Waals surface area contributed by atoms with E-state index in [4.69, 9.17) is 4.74 Å². The van der Waals surface area contributed by atoms with Gasteiger partial charge in [-0.1, -0.05) is 28.1 Å². The van der Waals surface area contributed by atoms with Gasteiger partial charge in [0, 0.05) is 11.0 Å². The molecule has 1 fully saturated rings. The number of carbonyl (C=O) groups excluding carboxylic acids is 1. The van der Waals surface area contributed by atoms with Crippen molar-refractivity contribution < 1.29 is 14.6 Å². The van der Waals surface area contributed by atoms with Crippen LogP contribution in [0, 0.1) is 0 Å². The molecule has 2 aliphatic heterocycles. The Kier molecular flexibility index (Phi) is 4.36. The molecule has 0 saturated carbocycles. The number of nitrogens with zero attached hydrogens (tertiary/aromatic N) is 1. The summed E-state index contributed by atoms with van der Waals surface area (Å²) in [5.74, 6) is 0.842. The van der Waals surface area contributed by atoms with E-state index in [1.807, 2.05) is 24.3 Å². The minimum Gasteiger partial charge on any atom is -0.507 e. The number of rotatable bonds is 3. The van der Waals surface area contributed by atoms with Crippen LogP contribution in [0.5, 0.6) is 11.5 Å². The van der Waals surface area contributed by atoms with Crippen molar-refractivity contribution in [1.82, 2.24) is 4.90 Å². The normalized spacial score (nSPS) is 18.6. The molecular weight excluding hydrogens is 382 g/mol.